The quantitative estimate of drug-likeness (QED) is 0.749. The molecule has 1 heterocycles. The SMILES string of the molecule is O=C(O)c1sccc1C(F)(F)F. The van der Waals surface area contributed by atoms with Crippen molar-refractivity contribution in [2.45, 2.75) is 6.18 Å². The zero-order valence-electron chi connectivity index (χ0n) is 5.55. The molecule has 1 aromatic heterocycles. The van der Waals surface area contributed by atoms with Crippen molar-refractivity contribution in [2.75, 3.05) is 0 Å². The Morgan fingerprint density at radius 2 is 2.08 bits per heavy atom. The van der Waals surface area contributed by atoms with Gasteiger partial charge < -0.3 is 5.11 Å². The van der Waals surface area contributed by atoms with Gasteiger partial charge in [0.25, 0.3) is 0 Å². The third kappa shape index (κ3) is 1.58. The van der Waals surface area contributed by atoms with E-state index in [1.807, 2.05) is 0 Å². The topological polar surface area (TPSA) is 37.3 Å². The molecular weight excluding hydrogens is 193 g/mol. The Balaban J connectivity index is 3.17. The molecule has 0 saturated carbocycles. The summed E-state index contributed by atoms with van der Waals surface area (Å²) >= 11 is 0.565. The van der Waals surface area contributed by atoms with Crippen LogP contribution in [0.15, 0.2) is 11.4 Å². The van der Waals surface area contributed by atoms with Crippen molar-refractivity contribution >= 4 is 17.3 Å². The number of carbonyl (C=O) groups is 1. The molecule has 1 aromatic rings. The fraction of sp³-hybridized carbons (Fsp3) is 0.167. The molecule has 1 N–H and O–H groups in total. The van der Waals surface area contributed by atoms with Gasteiger partial charge in [0.05, 0.1) is 5.56 Å². The lowest BCUT2D eigenvalue weighted by Gasteiger charge is -2.03. The van der Waals surface area contributed by atoms with Crippen LogP contribution in [0.4, 0.5) is 13.2 Å². The lowest BCUT2D eigenvalue weighted by Crippen LogP contribution is -2.09. The zero-order valence-corrected chi connectivity index (χ0v) is 6.37. The van der Waals surface area contributed by atoms with E-state index in [1.54, 1.807) is 0 Å². The van der Waals surface area contributed by atoms with Crippen molar-refractivity contribution in [1.82, 2.24) is 0 Å². The van der Waals surface area contributed by atoms with Gasteiger partial charge in [-0.1, -0.05) is 0 Å². The molecule has 0 unspecified atom stereocenters. The summed E-state index contributed by atoms with van der Waals surface area (Å²) in [6.07, 6.45) is -4.58. The molecule has 12 heavy (non-hydrogen) atoms. The minimum Gasteiger partial charge on any atom is -0.477 e. The van der Waals surface area contributed by atoms with Gasteiger partial charge in [0.2, 0.25) is 0 Å². The van der Waals surface area contributed by atoms with Crippen LogP contribution in [0.3, 0.4) is 0 Å². The van der Waals surface area contributed by atoms with Crippen LogP contribution in [0.5, 0.6) is 0 Å². The first-order chi connectivity index (χ1) is 5.43. The molecule has 66 valence electrons. The van der Waals surface area contributed by atoms with Gasteiger partial charge in [-0.2, -0.15) is 13.2 Å². The van der Waals surface area contributed by atoms with Crippen molar-refractivity contribution < 1.29 is 23.1 Å². The molecule has 0 bridgehead atoms. The molecule has 0 fully saturated rings. The molecule has 0 aliphatic heterocycles. The van der Waals surface area contributed by atoms with E-state index >= 15 is 0 Å². The summed E-state index contributed by atoms with van der Waals surface area (Å²) in [5.74, 6) is -1.54. The summed E-state index contributed by atoms with van der Waals surface area (Å²) < 4.78 is 36.0. The Bertz CT molecular complexity index is 302. The zero-order chi connectivity index (χ0) is 9.35. The van der Waals surface area contributed by atoms with Gasteiger partial charge in [-0.05, 0) is 11.4 Å². The van der Waals surface area contributed by atoms with E-state index in [9.17, 15) is 18.0 Å². The van der Waals surface area contributed by atoms with Crippen LogP contribution in [0, 0.1) is 0 Å². The van der Waals surface area contributed by atoms with Gasteiger partial charge >= 0.3 is 12.1 Å². The van der Waals surface area contributed by atoms with Crippen LogP contribution in [-0.2, 0) is 6.18 Å². The molecule has 0 aliphatic carbocycles. The highest BCUT2D eigenvalue weighted by Crippen LogP contribution is 2.34. The number of hydrogen-bond acceptors (Lipinski definition) is 2. The van der Waals surface area contributed by atoms with Crippen LogP contribution in [-0.4, -0.2) is 11.1 Å². The number of thiophene rings is 1. The maximum Gasteiger partial charge on any atom is 0.418 e. The molecule has 0 amide bonds. The van der Waals surface area contributed by atoms with Crippen LogP contribution in [0.1, 0.15) is 15.2 Å². The smallest absolute Gasteiger partial charge is 0.418 e. The summed E-state index contributed by atoms with van der Waals surface area (Å²) in [5.41, 5.74) is -1.08. The highest BCUT2D eigenvalue weighted by Gasteiger charge is 2.36. The van der Waals surface area contributed by atoms with Crippen LogP contribution < -0.4 is 0 Å². The largest absolute Gasteiger partial charge is 0.477 e. The van der Waals surface area contributed by atoms with Crippen molar-refractivity contribution in [3.05, 3.63) is 21.9 Å². The van der Waals surface area contributed by atoms with Gasteiger partial charge in [-0.25, -0.2) is 4.79 Å². The Morgan fingerprint density at radius 3 is 2.42 bits per heavy atom. The maximum absolute atomic E-state index is 12.0. The number of carboxylic acids is 1. The van der Waals surface area contributed by atoms with E-state index in [0.717, 1.165) is 11.4 Å². The molecule has 0 radical (unpaired) electrons. The second kappa shape index (κ2) is 2.78. The highest BCUT2D eigenvalue weighted by molar-refractivity contribution is 7.12. The van der Waals surface area contributed by atoms with Crippen LogP contribution in [0.25, 0.3) is 0 Å². The second-order valence-electron chi connectivity index (χ2n) is 1.97. The summed E-state index contributed by atoms with van der Waals surface area (Å²) in [4.78, 5) is 9.58. The Morgan fingerprint density at radius 1 is 1.50 bits per heavy atom. The van der Waals surface area contributed by atoms with Gasteiger partial charge in [0.1, 0.15) is 4.88 Å². The molecule has 0 aliphatic rings. The van der Waals surface area contributed by atoms with Crippen LogP contribution in [0.2, 0.25) is 0 Å². The van der Waals surface area contributed by atoms with Crippen molar-refractivity contribution in [1.29, 1.82) is 0 Å². The van der Waals surface area contributed by atoms with E-state index in [2.05, 4.69) is 0 Å². The van der Waals surface area contributed by atoms with Gasteiger partial charge in [0, 0.05) is 0 Å². The first-order valence-corrected chi connectivity index (χ1v) is 3.69. The first-order valence-electron chi connectivity index (χ1n) is 2.81. The average Bonchev–Trinajstić information content (AvgIpc) is 2.30. The first kappa shape index (κ1) is 9.05. The van der Waals surface area contributed by atoms with Crippen molar-refractivity contribution in [2.24, 2.45) is 0 Å². The number of halogens is 3. The molecule has 2 nitrogen and oxygen atoms in total. The van der Waals surface area contributed by atoms with Gasteiger partial charge in [-0.15, -0.1) is 11.3 Å². The van der Waals surface area contributed by atoms with E-state index in [-0.39, 0.29) is 0 Å². The summed E-state index contributed by atoms with van der Waals surface area (Å²) in [7, 11) is 0. The third-order valence-corrected chi connectivity index (χ3v) is 2.07. The number of rotatable bonds is 1. The number of hydrogen-bond donors (Lipinski definition) is 1. The normalized spacial score (nSPS) is 11.6. The standard InChI is InChI=1S/C6H3F3O2S/c7-6(8,9)3-1-2-12-4(3)5(10)11/h1-2H,(H,10,11). The molecular formula is C6H3F3O2S. The minimum absolute atomic E-state index is 0.565. The van der Waals surface area contributed by atoms with Crippen LogP contribution >= 0.6 is 11.3 Å². The van der Waals surface area contributed by atoms with E-state index in [1.165, 1.54) is 0 Å². The lowest BCUT2D eigenvalue weighted by atomic mass is 10.2. The predicted molar refractivity (Wildman–Crippen MR) is 36.3 cm³/mol. The molecule has 0 atom stereocenters. The summed E-state index contributed by atoms with van der Waals surface area (Å²) in [6.45, 7) is 0. The van der Waals surface area contributed by atoms with Crippen molar-refractivity contribution in [3.8, 4) is 0 Å². The Kier molecular flexibility index (Phi) is 2.10. The van der Waals surface area contributed by atoms with E-state index in [0.29, 0.717) is 11.3 Å². The molecule has 0 saturated heterocycles. The number of alkyl halides is 3. The fourth-order valence-electron chi connectivity index (χ4n) is 0.698. The minimum atomic E-state index is -4.58. The molecule has 0 aromatic carbocycles. The average molecular weight is 196 g/mol. The summed E-state index contributed by atoms with van der Waals surface area (Å²) in [6, 6.07) is 0.758. The predicted octanol–water partition coefficient (Wildman–Crippen LogP) is 2.47. The van der Waals surface area contributed by atoms with Crippen molar-refractivity contribution in [3.63, 3.8) is 0 Å². The number of aromatic carboxylic acids is 1. The second-order valence-corrected chi connectivity index (χ2v) is 2.88. The fourth-order valence-corrected chi connectivity index (χ4v) is 1.45. The van der Waals surface area contributed by atoms with E-state index < -0.39 is 22.6 Å². The third-order valence-electron chi connectivity index (χ3n) is 1.16. The maximum atomic E-state index is 12.0. The summed E-state index contributed by atoms with van der Waals surface area (Å²) in [5, 5.41) is 9.43. The Labute approximate surface area is 69.3 Å². The number of carboxylic acid groups (broad SMARTS) is 1. The molecule has 1 rings (SSSR count). The lowest BCUT2D eigenvalue weighted by molar-refractivity contribution is -0.137. The van der Waals surface area contributed by atoms with Gasteiger partial charge in [0.15, 0.2) is 0 Å². The molecule has 6 heteroatoms. The molecule has 0 spiro atoms. The highest BCUT2D eigenvalue weighted by atomic mass is 32.1. The monoisotopic (exact) mass is 196 g/mol. The van der Waals surface area contributed by atoms with Gasteiger partial charge in [-0.3, -0.25) is 0 Å². The Hall–Kier alpha value is -1.04. The van der Waals surface area contributed by atoms with E-state index in [4.69, 9.17) is 5.11 Å².